The van der Waals surface area contributed by atoms with E-state index in [0.717, 1.165) is 42.3 Å². The summed E-state index contributed by atoms with van der Waals surface area (Å²) in [6, 6.07) is 12.2. The molecule has 0 spiro atoms. The van der Waals surface area contributed by atoms with E-state index in [1.807, 2.05) is 26.1 Å². The predicted molar refractivity (Wildman–Crippen MR) is 112 cm³/mol. The molecule has 0 bridgehead atoms. The zero-order chi connectivity index (χ0) is 20.1. The highest BCUT2D eigenvalue weighted by atomic mass is 16.2. The van der Waals surface area contributed by atoms with E-state index in [-0.39, 0.29) is 17.6 Å². The van der Waals surface area contributed by atoms with Gasteiger partial charge in [-0.25, -0.2) is 0 Å². The average molecular weight is 387 g/mol. The van der Waals surface area contributed by atoms with Crippen LogP contribution in [0.2, 0.25) is 0 Å². The van der Waals surface area contributed by atoms with Crippen molar-refractivity contribution in [3.8, 4) is 0 Å². The number of benzene rings is 2. The number of amides is 1. The normalized spacial score (nSPS) is 18.4. The van der Waals surface area contributed by atoms with Gasteiger partial charge >= 0.3 is 0 Å². The minimum Gasteiger partial charge on any atom is -0.337 e. The van der Waals surface area contributed by atoms with Gasteiger partial charge in [0.15, 0.2) is 11.5 Å². The third kappa shape index (κ3) is 2.96. The Bertz CT molecular complexity index is 1110. The van der Waals surface area contributed by atoms with Crippen LogP contribution in [0.1, 0.15) is 50.5 Å². The maximum Gasteiger partial charge on any atom is 0.274 e. The van der Waals surface area contributed by atoms with Crippen LogP contribution < -0.4 is 0 Å². The van der Waals surface area contributed by atoms with Crippen molar-refractivity contribution in [3.05, 3.63) is 64.5 Å². The van der Waals surface area contributed by atoms with Crippen LogP contribution in [-0.4, -0.2) is 39.5 Å². The molecule has 1 unspecified atom stereocenters. The molecular formula is C24H25N3O2. The number of aryl methyl sites for hydroxylation is 4. The maximum absolute atomic E-state index is 13.5. The molecule has 148 valence electrons. The van der Waals surface area contributed by atoms with Crippen molar-refractivity contribution < 1.29 is 9.59 Å². The van der Waals surface area contributed by atoms with Gasteiger partial charge in [0.1, 0.15) is 0 Å². The lowest BCUT2D eigenvalue weighted by Gasteiger charge is -2.31. The quantitative estimate of drug-likeness (QED) is 0.644. The molecule has 1 fully saturated rings. The summed E-state index contributed by atoms with van der Waals surface area (Å²) < 4.78 is 1.71. The van der Waals surface area contributed by atoms with Gasteiger partial charge in [-0.15, -0.1) is 0 Å². The van der Waals surface area contributed by atoms with Crippen LogP contribution in [0, 0.1) is 12.8 Å². The Labute approximate surface area is 170 Å². The molecule has 0 saturated carbocycles. The summed E-state index contributed by atoms with van der Waals surface area (Å²) in [4.78, 5) is 28.2. The molecule has 0 N–H and O–H groups in total. The fourth-order valence-electron chi connectivity index (χ4n) is 4.88. The second kappa shape index (κ2) is 6.83. The minimum absolute atomic E-state index is 0.0772. The summed E-state index contributed by atoms with van der Waals surface area (Å²) >= 11 is 0. The van der Waals surface area contributed by atoms with E-state index in [1.54, 1.807) is 9.58 Å². The molecule has 2 aromatic carbocycles. The first-order valence-electron chi connectivity index (χ1n) is 10.4. The lowest BCUT2D eigenvalue weighted by Crippen LogP contribution is -2.42. The van der Waals surface area contributed by atoms with Crippen LogP contribution in [0.15, 0.2) is 36.4 Å². The molecule has 2 aliphatic rings. The van der Waals surface area contributed by atoms with Crippen molar-refractivity contribution in [2.75, 3.05) is 13.1 Å². The van der Waals surface area contributed by atoms with Crippen LogP contribution >= 0.6 is 0 Å². The number of hydrogen-bond acceptors (Lipinski definition) is 3. The monoisotopic (exact) mass is 387 g/mol. The van der Waals surface area contributed by atoms with Gasteiger partial charge in [0, 0.05) is 37.3 Å². The molecule has 1 atom stereocenters. The minimum atomic E-state index is -0.157. The summed E-state index contributed by atoms with van der Waals surface area (Å²) in [5.41, 5.74) is 4.91. The van der Waals surface area contributed by atoms with Crippen molar-refractivity contribution in [1.82, 2.24) is 14.7 Å². The molecule has 5 rings (SSSR count). The van der Waals surface area contributed by atoms with Gasteiger partial charge in [-0.2, -0.15) is 5.10 Å². The SMILES string of the molecule is Cc1cc(C(=O)N2CCCC(C(=O)c3ccc4c5c(cccc35)CC4)C2)nn1C. The molecule has 2 heterocycles. The summed E-state index contributed by atoms with van der Waals surface area (Å²) in [5, 5.41) is 6.67. The number of aromatic nitrogens is 2. The average Bonchev–Trinajstić information content (AvgIpc) is 3.32. The molecule has 5 heteroatoms. The van der Waals surface area contributed by atoms with Crippen LogP contribution in [0.25, 0.3) is 10.8 Å². The van der Waals surface area contributed by atoms with Gasteiger partial charge < -0.3 is 4.90 Å². The number of rotatable bonds is 3. The Morgan fingerprint density at radius 3 is 2.66 bits per heavy atom. The van der Waals surface area contributed by atoms with Crippen LogP contribution in [0.4, 0.5) is 0 Å². The van der Waals surface area contributed by atoms with Crippen LogP contribution in [-0.2, 0) is 19.9 Å². The first kappa shape index (κ1) is 18.1. The fraction of sp³-hybridized carbons (Fsp3) is 0.375. The maximum atomic E-state index is 13.5. The number of carbonyl (C=O) groups is 2. The molecule has 1 aromatic heterocycles. The topological polar surface area (TPSA) is 55.2 Å². The lowest BCUT2D eigenvalue weighted by atomic mass is 9.87. The van der Waals surface area contributed by atoms with Crippen molar-refractivity contribution >= 4 is 22.5 Å². The van der Waals surface area contributed by atoms with Crippen molar-refractivity contribution in [2.45, 2.75) is 32.6 Å². The Hall–Kier alpha value is -2.95. The first-order chi connectivity index (χ1) is 14.0. The Kier molecular flexibility index (Phi) is 4.26. The van der Waals surface area contributed by atoms with Crippen LogP contribution in [0.3, 0.4) is 0 Å². The molecule has 0 radical (unpaired) electrons. The zero-order valence-electron chi connectivity index (χ0n) is 16.9. The number of carbonyl (C=O) groups excluding carboxylic acids is 2. The smallest absolute Gasteiger partial charge is 0.274 e. The van der Waals surface area contributed by atoms with Crippen molar-refractivity contribution in [3.63, 3.8) is 0 Å². The zero-order valence-corrected chi connectivity index (χ0v) is 16.9. The van der Waals surface area contributed by atoms with E-state index in [1.165, 1.54) is 16.5 Å². The first-order valence-corrected chi connectivity index (χ1v) is 10.4. The number of ketones is 1. The highest BCUT2D eigenvalue weighted by molar-refractivity contribution is 6.11. The molecule has 1 saturated heterocycles. The second-order valence-corrected chi connectivity index (χ2v) is 8.36. The predicted octanol–water partition coefficient (Wildman–Crippen LogP) is 3.72. The molecule has 1 amide bonds. The molecule has 5 nitrogen and oxygen atoms in total. The molecular weight excluding hydrogens is 362 g/mol. The third-order valence-corrected chi connectivity index (χ3v) is 6.55. The van der Waals surface area contributed by atoms with E-state index >= 15 is 0 Å². The second-order valence-electron chi connectivity index (χ2n) is 8.36. The molecule has 29 heavy (non-hydrogen) atoms. The Morgan fingerprint density at radius 2 is 1.90 bits per heavy atom. The van der Waals surface area contributed by atoms with Gasteiger partial charge in [0.05, 0.1) is 0 Å². The van der Waals surface area contributed by atoms with Gasteiger partial charge in [0.2, 0.25) is 0 Å². The number of hydrogen-bond donors (Lipinski definition) is 0. The highest BCUT2D eigenvalue weighted by Gasteiger charge is 2.31. The van der Waals surface area contributed by atoms with E-state index < -0.39 is 0 Å². The summed E-state index contributed by atoms with van der Waals surface area (Å²) in [5.74, 6) is -0.0714. The Morgan fingerprint density at radius 1 is 1.10 bits per heavy atom. The number of likely N-dealkylation sites (tertiary alicyclic amines) is 1. The third-order valence-electron chi connectivity index (χ3n) is 6.55. The van der Waals surface area contributed by atoms with E-state index in [4.69, 9.17) is 0 Å². The van der Waals surface area contributed by atoms with Gasteiger partial charge in [-0.3, -0.25) is 14.3 Å². The number of nitrogens with zero attached hydrogens (tertiary/aromatic N) is 3. The van der Waals surface area contributed by atoms with Gasteiger partial charge in [-0.05, 0) is 60.6 Å². The highest BCUT2D eigenvalue weighted by Crippen LogP contribution is 2.34. The van der Waals surface area contributed by atoms with Crippen LogP contribution in [0.5, 0.6) is 0 Å². The fourth-order valence-corrected chi connectivity index (χ4v) is 4.88. The molecule has 1 aliphatic carbocycles. The summed E-state index contributed by atoms with van der Waals surface area (Å²) in [7, 11) is 1.84. The Balaban J connectivity index is 1.42. The summed E-state index contributed by atoms with van der Waals surface area (Å²) in [6.07, 6.45) is 3.78. The van der Waals surface area contributed by atoms with E-state index in [2.05, 4.69) is 29.4 Å². The van der Waals surface area contributed by atoms with Crippen molar-refractivity contribution in [2.24, 2.45) is 13.0 Å². The van der Waals surface area contributed by atoms with Crippen molar-refractivity contribution in [1.29, 1.82) is 0 Å². The van der Waals surface area contributed by atoms with Gasteiger partial charge in [0.25, 0.3) is 5.91 Å². The number of Topliss-reactive ketones (excluding diaryl/α,β-unsaturated/α-hetero) is 1. The molecule has 1 aliphatic heterocycles. The lowest BCUT2D eigenvalue weighted by molar-refractivity contribution is 0.0632. The van der Waals surface area contributed by atoms with E-state index in [0.29, 0.717) is 18.8 Å². The van der Waals surface area contributed by atoms with Gasteiger partial charge in [-0.1, -0.05) is 30.3 Å². The molecule has 3 aromatic rings. The number of piperidine rings is 1. The standard InChI is InChI=1S/C24H25N3O2/c1-15-13-21(25-26(15)2)24(29)27-12-4-6-18(14-27)23(28)20-11-10-17-9-8-16-5-3-7-19(20)22(16)17/h3,5,7,10-11,13,18H,4,6,8-9,12,14H2,1-2H3. The largest absolute Gasteiger partial charge is 0.337 e. The van der Waals surface area contributed by atoms with E-state index in [9.17, 15) is 9.59 Å². The summed E-state index contributed by atoms with van der Waals surface area (Å²) in [6.45, 7) is 3.08.